The first-order valence-corrected chi connectivity index (χ1v) is 12.2. The Morgan fingerprint density at radius 1 is 1.10 bits per heavy atom. The first-order valence-electron chi connectivity index (χ1n) is 12.2. The number of hydrogen-bond acceptors (Lipinski definition) is 2. The molecule has 0 radical (unpaired) electrons. The van der Waals surface area contributed by atoms with Crippen LogP contribution in [0.15, 0.2) is 47.6 Å². The third-order valence-corrected chi connectivity index (χ3v) is 8.68. The molecule has 2 heteroatoms. The zero-order valence-electron chi connectivity index (χ0n) is 20.0. The lowest BCUT2D eigenvalue weighted by molar-refractivity contribution is 0.0436. The normalized spacial score (nSPS) is 37.7. The molecule has 0 aliphatic heterocycles. The molecule has 6 atom stereocenters. The molecule has 2 nitrogen and oxygen atoms in total. The van der Waals surface area contributed by atoms with Crippen molar-refractivity contribution in [2.75, 3.05) is 0 Å². The average molecular weight is 413 g/mol. The lowest BCUT2D eigenvalue weighted by atomic mass is 9.61. The van der Waals surface area contributed by atoms with Crippen molar-refractivity contribution in [2.45, 2.75) is 97.7 Å². The van der Waals surface area contributed by atoms with Gasteiger partial charge in [0, 0.05) is 5.92 Å². The highest BCUT2D eigenvalue weighted by molar-refractivity contribution is 5.36. The van der Waals surface area contributed by atoms with Gasteiger partial charge < -0.3 is 10.2 Å². The van der Waals surface area contributed by atoms with E-state index >= 15 is 0 Å². The van der Waals surface area contributed by atoms with Gasteiger partial charge in [-0.3, -0.25) is 0 Å². The molecule has 3 aliphatic carbocycles. The van der Waals surface area contributed by atoms with Gasteiger partial charge in [-0.25, -0.2) is 0 Å². The minimum absolute atomic E-state index is 0.164. The molecule has 0 aromatic rings. The van der Waals surface area contributed by atoms with Crippen LogP contribution < -0.4 is 0 Å². The monoisotopic (exact) mass is 412 g/mol. The Morgan fingerprint density at radius 2 is 1.83 bits per heavy atom. The molecule has 0 heterocycles. The van der Waals surface area contributed by atoms with Crippen LogP contribution in [0.1, 0.15) is 86.0 Å². The third kappa shape index (κ3) is 5.02. The fourth-order valence-electron chi connectivity index (χ4n) is 6.25. The van der Waals surface area contributed by atoms with Gasteiger partial charge in [0.1, 0.15) is 0 Å². The summed E-state index contributed by atoms with van der Waals surface area (Å²) in [6, 6.07) is 0. The third-order valence-electron chi connectivity index (χ3n) is 8.68. The second-order valence-corrected chi connectivity index (χ2v) is 11.2. The van der Waals surface area contributed by atoms with E-state index in [2.05, 4.69) is 51.7 Å². The highest BCUT2D eigenvalue weighted by Crippen LogP contribution is 2.59. The van der Waals surface area contributed by atoms with E-state index in [1.165, 1.54) is 43.3 Å². The number of aliphatic hydroxyl groups excluding tert-OH is 1. The maximum atomic E-state index is 10.3. The lowest BCUT2D eigenvalue weighted by Crippen LogP contribution is -2.35. The Morgan fingerprint density at radius 3 is 2.53 bits per heavy atom. The predicted octanol–water partition coefficient (Wildman–Crippen LogP) is 6.76. The van der Waals surface area contributed by atoms with Gasteiger partial charge in [-0.1, -0.05) is 62.8 Å². The molecule has 0 spiro atoms. The van der Waals surface area contributed by atoms with Gasteiger partial charge >= 0.3 is 0 Å². The first kappa shape index (κ1) is 23.5. The van der Waals surface area contributed by atoms with Crippen LogP contribution >= 0.6 is 0 Å². The molecule has 3 fully saturated rings. The van der Waals surface area contributed by atoms with Gasteiger partial charge in [0.25, 0.3) is 0 Å². The Labute approximate surface area is 184 Å². The fourth-order valence-corrected chi connectivity index (χ4v) is 6.25. The van der Waals surface area contributed by atoms with Crippen LogP contribution in [-0.4, -0.2) is 21.9 Å². The van der Waals surface area contributed by atoms with E-state index < -0.39 is 5.60 Å². The molecule has 3 rings (SSSR count). The molecule has 0 saturated heterocycles. The molecular formula is C28H44O2. The highest BCUT2D eigenvalue weighted by Gasteiger charge is 2.50. The van der Waals surface area contributed by atoms with Gasteiger partial charge in [0.2, 0.25) is 0 Å². The summed E-state index contributed by atoms with van der Waals surface area (Å²) in [6.45, 7) is 15.0. The van der Waals surface area contributed by atoms with E-state index in [9.17, 15) is 10.2 Å². The van der Waals surface area contributed by atoms with Crippen molar-refractivity contribution < 1.29 is 10.2 Å². The van der Waals surface area contributed by atoms with Crippen molar-refractivity contribution >= 4 is 0 Å². The average Bonchev–Trinajstić information content (AvgIpc) is 3.03. The molecule has 0 amide bonds. The molecule has 3 aliphatic rings. The van der Waals surface area contributed by atoms with Crippen molar-refractivity contribution in [2.24, 2.45) is 29.1 Å². The summed E-state index contributed by atoms with van der Waals surface area (Å²) in [4.78, 5) is 0. The number of fused-ring (bicyclic) bond motifs is 1. The summed E-state index contributed by atoms with van der Waals surface area (Å²) in [7, 11) is 0. The molecule has 0 aromatic carbocycles. The molecule has 0 aromatic heterocycles. The van der Waals surface area contributed by atoms with E-state index in [-0.39, 0.29) is 12.0 Å². The minimum atomic E-state index is -0.663. The van der Waals surface area contributed by atoms with Crippen LogP contribution in [0.4, 0.5) is 0 Å². The van der Waals surface area contributed by atoms with E-state index in [0.29, 0.717) is 23.2 Å². The standard InChI is InChI=1S/C28H44O2/c1-19-10-14-24(29)18-23(19)13-12-22-8-7-17-28(6)25(15-16-26(22)28)20(2)9-11-21(3)27(4,5)30/h9,11-13,20-21,24-26,29-30H,1,7-8,10,14-18H2,2-6H3/b11-9+,22-12+,23-13-/t20-,21+,24+,25?,26?,28?/m0/s1. The quantitative estimate of drug-likeness (QED) is 0.490. The summed E-state index contributed by atoms with van der Waals surface area (Å²) in [6.07, 6.45) is 18.0. The van der Waals surface area contributed by atoms with E-state index in [0.717, 1.165) is 19.3 Å². The molecule has 30 heavy (non-hydrogen) atoms. The van der Waals surface area contributed by atoms with Gasteiger partial charge in [0.15, 0.2) is 0 Å². The van der Waals surface area contributed by atoms with Gasteiger partial charge in [-0.05, 0) is 94.0 Å². The second-order valence-electron chi connectivity index (χ2n) is 11.2. The van der Waals surface area contributed by atoms with E-state index in [4.69, 9.17) is 0 Å². The summed E-state index contributed by atoms with van der Waals surface area (Å²) in [5.74, 6) is 2.08. The topological polar surface area (TPSA) is 40.5 Å². The van der Waals surface area contributed by atoms with Crippen molar-refractivity contribution in [3.05, 3.63) is 47.6 Å². The minimum Gasteiger partial charge on any atom is -0.393 e. The highest BCUT2D eigenvalue weighted by atomic mass is 16.3. The van der Waals surface area contributed by atoms with Gasteiger partial charge in [-0.2, -0.15) is 0 Å². The van der Waals surface area contributed by atoms with E-state index in [1.807, 2.05) is 13.8 Å². The maximum Gasteiger partial charge on any atom is 0.0651 e. The molecule has 2 N–H and O–H groups in total. The Balaban J connectivity index is 1.75. The number of aliphatic hydroxyl groups is 2. The van der Waals surface area contributed by atoms with Crippen LogP contribution in [0.25, 0.3) is 0 Å². The van der Waals surface area contributed by atoms with Crippen molar-refractivity contribution in [3.8, 4) is 0 Å². The molecule has 3 unspecified atom stereocenters. The van der Waals surface area contributed by atoms with Crippen molar-refractivity contribution in [1.29, 1.82) is 0 Å². The lowest BCUT2D eigenvalue weighted by Gasteiger charge is -2.44. The van der Waals surface area contributed by atoms with Crippen molar-refractivity contribution in [1.82, 2.24) is 0 Å². The van der Waals surface area contributed by atoms with Crippen LogP contribution in [-0.2, 0) is 0 Å². The second kappa shape index (κ2) is 9.17. The summed E-state index contributed by atoms with van der Waals surface area (Å²) in [5, 5.41) is 20.3. The summed E-state index contributed by atoms with van der Waals surface area (Å²) < 4.78 is 0. The van der Waals surface area contributed by atoms with Crippen LogP contribution in [0.2, 0.25) is 0 Å². The molecular weight excluding hydrogens is 368 g/mol. The number of rotatable bonds is 5. The Kier molecular flexibility index (Phi) is 7.19. The fraction of sp³-hybridized carbons (Fsp3) is 0.714. The smallest absolute Gasteiger partial charge is 0.0651 e. The molecule has 168 valence electrons. The first-order chi connectivity index (χ1) is 14.0. The Hall–Kier alpha value is -1.12. The molecule has 0 bridgehead atoms. The number of allylic oxidation sites excluding steroid dienone is 5. The zero-order chi connectivity index (χ0) is 22.1. The van der Waals surface area contributed by atoms with E-state index in [1.54, 1.807) is 5.57 Å². The number of hydrogen-bond donors (Lipinski definition) is 2. The molecule has 3 saturated carbocycles. The predicted molar refractivity (Wildman–Crippen MR) is 127 cm³/mol. The SMILES string of the molecule is C=C1CC[C@@H](O)C/C1=C/C=C1\CCCC2(C)C1CCC2[C@@H](C)/C=C/[C@@H](C)C(C)(C)O. The maximum absolute atomic E-state index is 10.3. The van der Waals surface area contributed by atoms with Gasteiger partial charge in [0.05, 0.1) is 11.7 Å². The van der Waals surface area contributed by atoms with Crippen LogP contribution in [0.3, 0.4) is 0 Å². The van der Waals surface area contributed by atoms with Crippen LogP contribution in [0, 0.1) is 29.1 Å². The van der Waals surface area contributed by atoms with Crippen molar-refractivity contribution in [3.63, 3.8) is 0 Å². The summed E-state index contributed by atoms with van der Waals surface area (Å²) in [5.41, 5.74) is 3.78. The van der Waals surface area contributed by atoms with Crippen LogP contribution in [0.5, 0.6) is 0 Å². The largest absolute Gasteiger partial charge is 0.393 e. The summed E-state index contributed by atoms with van der Waals surface area (Å²) >= 11 is 0. The Bertz CT molecular complexity index is 719. The zero-order valence-corrected chi connectivity index (χ0v) is 20.0. The van der Waals surface area contributed by atoms with Gasteiger partial charge in [-0.15, -0.1) is 0 Å².